The van der Waals surface area contributed by atoms with Gasteiger partial charge in [-0.05, 0) is 29.3 Å². The number of fused-ring (bicyclic) bond motifs is 1. The molecule has 0 bridgehead atoms. The van der Waals surface area contributed by atoms with Crippen LogP contribution in [0.2, 0.25) is 0 Å². The fraction of sp³-hybridized carbons (Fsp3) is 0.188. The Bertz CT molecular complexity index is 662. The lowest BCUT2D eigenvalue weighted by atomic mass is 10.1. The molecule has 1 amide bonds. The van der Waals surface area contributed by atoms with Crippen molar-refractivity contribution < 1.29 is 9.18 Å². The van der Waals surface area contributed by atoms with E-state index in [-0.39, 0.29) is 12.5 Å². The number of halogens is 1. The molecule has 5 heteroatoms. The molecule has 0 spiro atoms. The third kappa shape index (κ3) is 3.03. The summed E-state index contributed by atoms with van der Waals surface area (Å²) in [4.78, 5) is 14.1. The maximum absolute atomic E-state index is 13.2. The second kappa shape index (κ2) is 5.54. The number of hydrogen-bond acceptors (Lipinski definition) is 3. The summed E-state index contributed by atoms with van der Waals surface area (Å²) < 4.78 is 13.2. The summed E-state index contributed by atoms with van der Waals surface area (Å²) in [6, 6.07) is 12.1. The van der Waals surface area contributed by atoms with Crippen molar-refractivity contribution in [2.24, 2.45) is 0 Å². The van der Waals surface area contributed by atoms with E-state index in [2.05, 4.69) is 17.4 Å². The van der Waals surface area contributed by atoms with Gasteiger partial charge in [-0.1, -0.05) is 24.3 Å². The summed E-state index contributed by atoms with van der Waals surface area (Å²) in [6.45, 7) is 1.76. The van der Waals surface area contributed by atoms with Crippen molar-refractivity contribution in [1.29, 1.82) is 0 Å². The Hall–Kier alpha value is -2.40. The van der Waals surface area contributed by atoms with E-state index in [1.807, 2.05) is 17.0 Å². The minimum Gasteiger partial charge on any atom is -0.397 e. The number of nitrogen functional groups attached to an aromatic ring is 1. The lowest BCUT2D eigenvalue weighted by Gasteiger charge is -2.15. The highest BCUT2D eigenvalue weighted by molar-refractivity contribution is 5.95. The number of hydrogen-bond donors (Lipinski definition) is 2. The van der Waals surface area contributed by atoms with Gasteiger partial charge in [0, 0.05) is 13.1 Å². The van der Waals surface area contributed by atoms with Gasteiger partial charge in [-0.25, -0.2) is 4.39 Å². The fourth-order valence-corrected chi connectivity index (χ4v) is 2.55. The summed E-state index contributed by atoms with van der Waals surface area (Å²) in [5.41, 5.74) is 8.88. The van der Waals surface area contributed by atoms with Crippen LogP contribution in [0.5, 0.6) is 0 Å². The minimum absolute atomic E-state index is 0.194. The number of rotatable bonds is 3. The molecule has 3 N–H and O–H groups in total. The van der Waals surface area contributed by atoms with Gasteiger partial charge in [-0.3, -0.25) is 9.69 Å². The topological polar surface area (TPSA) is 58.4 Å². The lowest BCUT2D eigenvalue weighted by Crippen LogP contribution is -2.29. The third-order valence-electron chi connectivity index (χ3n) is 3.56. The van der Waals surface area contributed by atoms with Crippen LogP contribution in [-0.4, -0.2) is 17.4 Å². The Morgan fingerprint density at radius 2 is 1.86 bits per heavy atom. The van der Waals surface area contributed by atoms with E-state index in [4.69, 9.17) is 5.73 Å². The predicted octanol–water partition coefficient (Wildman–Crippen LogP) is 2.36. The summed E-state index contributed by atoms with van der Waals surface area (Å²) in [5, 5.41) is 2.66. The molecule has 1 heterocycles. The second-order valence-electron chi connectivity index (χ2n) is 5.19. The predicted molar refractivity (Wildman–Crippen MR) is 80.0 cm³/mol. The molecule has 2 aromatic carbocycles. The van der Waals surface area contributed by atoms with E-state index in [9.17, 15) is 9.18 Å². The summed E-state index contributed by atoms with van der Waals surface area (Å²) in [7, 11) is 0. The maximum Gasteiger partial charge on any atom is 0.238 e. The molecule has 1 aliphatic heterocycles. The number of carbonyl (C=O) groups excluding carboxylic acids is 1. The molecule has 0 aromatic heterocycles. The van der Waals surface area contributed by atoms with Crippen molar-refractivity contribution in [2.45, 2.75) is 13.1 Å². The van der Waals surface area contributed by atoms with Crippen LogP contribution < -0.4 is 11.1 Å². The van der Waals surface area contributed by atoms with Crippen LogP contribution in [0.1, 0.15) is 11.1 Å². The zero-order valence-corrected chi connectivity index (χ0v) is 11.5. The first kappa shape index (κ1) is 13.6. The van der Waals surface area contributed by atoms with Gasteiger partial charge >= 0.3 is 0 Å². The standard InChI is InChI=1S/C16H16FN3O/c17-13-5-6-14(18)15(7-13)19-16(21)10-20-8-11-3-1-2-4-12(11)9-20/h1-7H,8-10,18H2,(H,19,21). The van der Waals surface area contributed by atoms with E-state index in [1.54, 1.807) is 0 Å². The number of anilines is 2. The molecule has 0 fully saturated rings. The first-order valence-electron chi connectivity index (χ1n) is 6.76. The minimum atomic E-state index is -0.423. The first-order valence-corrected chi connectivity index (χ1v) is 6.76. The Kier molecular flexibility index (Phi) is 3.58. The third-order valence-corrected chi connectivity index (χ3v) is 3.56. The molecule has 0 saturated heterocycles. The summed E-state index contributed by atoms with van der Waals surface area (Å²) in [6.07, 6.45) is 0. The van der Waals surface area contributed by atoms with Gasteiger partial charge in [0.25, 0.3) is 0 Å². The number of amides is 1. The van der Waals surface area contributed by atoms with E-state index < -0.39 is 5.82 Å². The highest BCUT2D eigenvalue weighted by Gasteiger charge is 2.20. The van der Waals surface area contributed by atoms with Crippen LogP contribution >= 0.6 is 0 Å². The molecule has 108 valence electrons. The average molecular weight is 285 g/mol. The molecule has 21 heavy (non-hydrogen) atoms. The molecule has 0 radical (unpaired) electrons. The molecule has 4 nitrogen and oxygen atoms in total. The largest absolute Gasteiger partial charge is 0.397 e. The first-order chi connectivity index (χ1) is 10.1. The second-order valence-corrected chi connectivity index (χ2v) is 5.19. The highest BCUT2D eigenvalue weighted by Crippen LogP contribution is 2.23. The van der Waals surface area contributed by atoms with E-state index in [0.717, 1.165) is 13.1 Å². The zero-order valence-electron chi connectivity index (χ0n) is 11.5. The molecule has 2 aromatic rings. The van der Waals surface area contributed by atoms with Crippen LogP contribution in [0.4, 0.5) is 15.8 Å². The van der Waals surface area contributed by atoms with E-state index in [0.29, 0.717) is 11.4 Å². The number of nitrogens with two attached hydrogens (primary N) is 1. The van der Waals surface area contributed by atoms with Crippen molar-refractivity contribution in [2.75, 3.05) is 17.6 Å². The lowest BCUT2D eigenvalue weighted by molar-refractivity contribution is -0.117. The number of benzene rings is 2. The highest BCUT2D eigenvalue weighted by atomic mass is 19.1. The molecule has 3 rings (SSSR count). The van der Waals surface area contributed by atoms with Crippen LogP contribution in [0.15, 0.2) is 42.5 Å². The fourth-order valence-electron chi connectivity index (χ4n) is 2.55. The van der Waals surface area contributed by atoms with Gasteiger partial charge < -0.3 is 11.1 Å². The Labute approximate surface area is 122 Å². The van der Waals surface area contributed by atoms with Gasteiger partial charge in [-0.15, -0.1) is 0 Å². The molecule has 0 saturated carbocycles. The number of nitrogens with zero attached hydrogens (tertiary/aromatic N) is 1. The molecule has 0 aliphatic carbocycles. The molecule has 0 unspecified atom stereocenters. The summed E-state index contributed by atoms with van der Waals surface area (Å²) >= 11 is 0. The Morgan fingerprint density at radius 3 is 2.52 bits per heavy atom. The van der Waals surface area contributed by atoms with Gasteiger partial charge in [0.2, 0.25) is 5.91 Å². The number of nitrogens with one attached hydrogen (secondary N) is 1. The van der Waals surface area contributed by atoms with Crippen LogP contribution in [0, 0.1) is 5.82 Å². The van der Waals surface area contributed by atoms with Crippen LogP contribution in [-0.2, 0) is 17.9 Å². The zero-order chi connectivity index (χ0) is 14.8. The van der Waals surface area contributed by atoms with Gasteiger partial charge in [0.15, 0.2) is 0 Å². The van der Waals surface area contributed by atoms with Gasteiger partial charge in [0.1, 0.15) is 5.82 Å². The monoisotopic (exact) mass is 285 g/mol. The normalized spacial score (nSPS) is 14.0. The number of carbonyl (C=O) groups is 1. The molecule has 0 atom stereocenters. The summed E-state index contributed by atoms with van der Waals surface area (Å²) in [5.74, 6) is -0.617. The smallest absolute Gasteiger partial charge is 0.238 e. The van der Waals surface area contributed by atoms with Crippen LogP contribution in [0.3, 0.4) is 0 Å². The van der Waals surface area contributed by atoms with Gasteiger partial charge in [-0.2, -0.15) is 0 Å². The maximum atomic E-state index is 13.2. The quantitative estimate of drug-likeness (QED) is 0.851. The Morgan fingerprint density at radius 1 is 1.19 bits per heavy atom. The van der Waals surface area contributed by atoms with Crippen molar-refractivity contribution in [1.82, 2.24) is 4.90 Å². The molecular formula is C16H16FN3O. The van der Waals surface area contributed by atoms with E-state index in [1.165, 1.54) is 29.3 Å². The van der Waals surface area contributed by atoms with Crippen LogP contribution in [0.25, 0.3) is 0 Å². The average Bonchev–Trinajstić information content (AvgIpc) is 2.84. The molecule has 1 aliphatic rings. The Balaban J connectivity index is 1.62. The van der Waals surface area contributed by atoms with Crippen molar-refractivity contribution in [3.63, 3.8) is 0 Å². The molecular weight excluding hydrogens is 269 g/mol. The van der Waals surface area contributed by atoms with Crippen molar-refractivity contribution in [3.05, 3.63) is 59.4 Å². The van der Waals surface area contributed by atoms with E-state index >= 15 is 0 Å². The SMILES string of the molecule is Nc1ccc(F)cc1NC(=O)CN1Cc2ccccc2C1. The van der Waals surface area contributed by atoms with Crippen molar-refractivity contribution in [3.8, 4) is 0 Å². The van der Waals surface area contributed by atoms with Gasteiger partial charge in [0.05, 0.1) is 17.9 Å². The van der Waals surface area contributed by atoms with Crippen molar-refractivity contribution >= 4 is 17.3 Å².